The maximum atomic E-state index is 12.2. The maximum Gasteiger partial charge on any atom is 0.327 e. The normalized spacial score (nSPS) is 28.5. The van der Waals surface area contributed by atoms with E-state index in [1.807, 2.05) is 0 Å². The van der Waals surface area contributed by atoms with E-state index in [4.69, 9.17) is 4.74 Å². The summed E-state index contributed by atoms with van der Waals surface area (Å²) in [6.07, 6.45) is 0.871. The van der Waals surface area contributed by atoms with Crippen LogP contribution in [0.2, 0.25) is 0 Å². The molecule has 0 unspecified atom stereocenters. The number of fused-ring (bicyclic) bond motifs is 1. The fourth-order valence-corrected chi connectivity index (χ4v) is 4.47. The van der Waals surface area contributed by atoms with Crippen molar-refractivity contribution in [2.24, 2.45) is 5.92 Å². The summed E-state index contributed by atoms with van der Waals surface area (Å²) >= 11 is 1.41. The monoisotopic (exact) mass is 344 g/mol. The van der Waals surface area contributed by atoms with Crippen LogP contribution in [0.15, 0.2) is 0 Å². The number of amides is 2. The predicted molar refractivity (Wildman–Crippen MR) is 85.9 cm³/mol. The Morgan fingerprint density at radius 3 is 2.65 bits per heavy atom. The Labute approximate surface area is 140 Å². The molecule has 3 atom stereocenters. The first-order valence-electron chi connectivity index (χ1n) is 7.75. The molecule has 0 radical (unpaired) electrons. The molecule has 0 saturated carbocycles. The zero-order chi connectivity index (χ0) is 17.4. The molecule has 23 heavy (non-hydrogen) atoms. The summed E-state index contributed by atoms with van der Waals surface area (Å²) in [5.41, 5.74) is 0. The molecular formula is C15H24N2O5S. The van der Waals surface area contributed by atoms with E-state index in [0.29, 0.717) is 12.5 Å². The SMILES string of the molecule is CC(C)CCOCC(=O)N[C@@H]1C(=O)N2[C@@H]1SC(C)(C)[C@@H]2C(=O)O. The van der Waals surface area contributed by atoms with Crippen LogP contribution in [0.3, 0.4) is 0 Å². The quantitative estimate of drug-likeness (QED) is 0.521. The Bertz CT molecular complexity index is 508. The first-order chi connectivity index (χ1) is 10.6. The number of hydrogen-bond donors (Lipinski definition) is 2. The van der Waals surface area contributed by atoms with Crippen molar-refractivity contribution in [2.45, 2.75) is 56.3 Å². The number of carboxylic acid groups (broad SMARTS) is 1. The molecule has 0 bridgehead atoms. The van der Waals surface area contributed by atoms with Crippen LogP contribution in [-0.4, -0.2) is 63.2 Å². The van der Waals surface area contributed by atoms with Gasteiger partial charge in [0.25, 0.3) is 0 Å². The van der Waals surface area contributed by atoms with Gasteiger partial charge in [0.15, 0.2) is 0 Å². The lowest BCUT2D eigenvalue weighted by Gasteiger charge is -2.43. The van der Waals surface area contributed by atoms with E-state index in [1.165, 1.54) is 16.7 Å². The summed E-state index contributed by atoms with van der Waals surface area (Å²) in [5, 5.41) is 11.7. The molecule has 2 amide bonds. The number of carbonyl (C=O) groups is 3. The lowest BCUT2D eigenvalue weighted by atomic mass is 9.96. The number of hydrogen-bond acceptors (Lipinski definition) is 5. The zero-order valence-electron chi connectivity index (χ0n) is 13.9. The van der Waals surface area contributed by atoms with Crippen molar-refractivity contribution < 1.29 is 24.2 Å². The van der Waals surface area contributed by atoms with Gasteiger partial charge in [-0.15, -0.1) is 11.8 Å². The average Bonchev–Trinajstić information content (AvgIpc) is 2.69. The van der Waals surface area contributed by atoms with Crippen LogP contribution >= 0.6 is 11.8 Å². The Morgan fingerprint density at radius 1 is 1.43 bits per heavy atom. The lowest BCUT2D eigenvalue weighted by molar-refractivity contribution is -0.161. The van der Waals surface area contributed by atoms with Crippen LogP contribution in [0.4, 0.5) is 0 Å². The first kappa shape index (κ1) is 18.1. The average molecular weight is 344 g/mol. The van der Waals surface area contributed by atoms with E-state index < -0.39 is 22.8 Å². The maximum absolute atomic E-state index is 12.2. The van der Waals surface area contributed by atoms with Gasteiger partial charge in [-0.2, -0.15) is 0 Å². The smallest absolute Gasteiger partial charge is 0.327 e. The summed E-state index contributed by atoms with van der Waals surface area (Å²) in [4.78, 5) is 36.8. The number of carbonyl (C=O) groups excluding carboxylic acids is 2. The Kier molecular flexibility index (Phi) is 5.25. The van der Waals surface area contributed by atoms with E-state index >= 15 is 0 Å². The number of rotatable bonds is 7. The van der Waals surface area contributed by atoms with Gasteiger partial charge in [0.2, 0.25) is 11.8 Å². The van der Waals surface area contributed by atoms with Gasteiger partial charge in [-0.25, -0.2) is 4.79 Å². The van der Waals surface area contributed by atoms with Crippen molar-refractivity contribution in [3.8, 4) is 0 Å². The van der Waals surface area contributed by atoms with Gasteiger partial charge in [0.1, 0.15) is 24.1 Å². The summed E-state index contributed by atoms with van der Waals surface area (Å²) in [6.45, 7) is 8.17. The molecule has 2 saturated heterocycles. The first-order valence-corrected chi connectivity index (χ1v) is 8.63. The molecular weight excluding hydrogens is 320 g/mol. The van der Waals surface area contributed by atoms with Crippen LogP contribution in [0, 0.1) is 5.92 Å². The van der Waals surface area contributed by atoms with Crippen molar-refractivity contribution in [1.82, 2.24) is 10.2 Å². The van der Waals surface area contributed by atoms with E-state index in [2.05, 4.69) is 19.2 Å². The minimum atomic E-state index is -1.01. The molecule has 2 aliphatic heterocycles. The third kappa shape index (κ3) is 3.63. The number of thioether (sulfide) groups is 1. The third-order valence-corrected chi connectivity index (χ3v) is 5.64. The van der Waals surface area contributed by atoms with Crippen LogP contribution in [-0.2, 0) is 19.1 Å². The number of nitrogens with one attached hydrogen (secondary N) is 1. The minimum absolute atomic E-state index is 0.0837. The van der Waals surface area contributed by atoms with Crippen molar-refractivity contribution >= 4 is 29.5 Å². The zero-order valence-corrected chi connectivity index (χ0v) is 14.7. The standard InChI is InChI=1S/C15H24N2O5S/c1-8(2)5-6-22-7-9(18)16-10-12(19)17-11(14(20)21)15(3,4)23-13(10)17/h8,10-11,13H,5-7H2,1-4H3,(H,16,18)(H,20,21)/t10-,11+,13-/m1/s1. The fourth-order valence-electron chi connectivity index (χ4n) is 2.84. The molecule has 130 valence electrons. The molecule has 2 aliphatic rings. The lowest BCUT2D eigenvalue weighted by Crippen LogP contribution is -2.70. The summed E-state index contributed by atoms with van der Waals surface area (Å²) in [6, 6.07) is -1.52. The topological polar surface area (TPSA) is 95.9 Å². The number of aliphatic carboxylic acids is 1. The highest BCUT2D eigenvalue weighted by Gasteiger charge is 2.64. The summed E-state index contributed by atoms with van der Waals surface area (Å²) in [5.74, 6) is -1.19. The molecule has 0 aliphatic carbocycles. The molecule has 2 rings (SSSR count). The summed E-state index contributed by atoms with van der Waals surface area (Å²) < 4.78 is 4.70. The highest BCUT2D eigenvalue weighted by Crippen LogP contribution is 2.50. The summed E-state index contributed by atoms with van der Waals surface area (Å²) in [7, 11) is 0. The van der Waals surface area contributed by atoms with Gasteiger partial charge in [-0.3, -0.25) is 9.59 Å². The molecule has 8 heteroatoms. The molecule has 2 fully saturated rings. The second-order valence-corrected chi connectivity index (χ2v) is 8.65. The van der Waals surface area contributed by atoms with E-state index in [0.717, 1.165) is 6.42 Å². The van der Waals surface area contributed by atoms with Crippen molar-refractivity contribution in [3.05, 3.63) is 0 Å². The molecule has 2 heterocycles. The van der Waals surface area contributed by atoms with Crippen LogP contribution in [0.1, 0.15) is 34.1 Å². The second-order valence-electron chi connectivity index (χ2n) is 6.88. The number of carboxylic acids is 1. The molecule has 0 aromatic carbocycles. The number of ether oxygens (including phenoxy) is 1. The Balaban J connectivity index is 1.86. The van der Waals surface area contributed by atoms with Gasteiger partial charge in [0.05, 0.1) is 0 Å². The molecule has 0 spiro atoms. The van der Waals surface area contributed by atoms with Gasteiger partial charge >= 0.3 is 5.97 Å². The van der Waals surface area contributed by atoms with Crippen molar-refractivity contribution in [1.29, 1.82) is 0 Å². The second kappa shape index (κ2) is 6.68. The predicted octanol–water partition coefficient (Wildman–Crippen LogP) is 0.681. The van der Waals surface area contributed by atoms with Gasteiger partial charge < -0.3 is 20.1 Å². The number of nitrogens with zero attached hydrogens (tertiary/aromatic N) is 1. The molecule has 2 N–H and O–H groups in total. The Morgan fingerprint density at radius 2 is 2.09 bits per heavy atom. The van der Waals surface area contributed by atoms with Gasteiger partial charge in [0, 0.05) is 11.4 Å². The van der Waals surface area contributed by atoms with Gasteiger partial charge in [-0.05, 0) is 26.2 Å². The van der Waals surface area contributed by atoms with E-state index in [1.54, 1.807) is 13.8 Å². The van der Waals surface area contributed by atoms with Crippen LogP contribution < -0.4 is 5.32 Å². The largest absolute Gasteiger partial charge is 0.480 e. The molecule has 0 aromatic heterocycles. The van der Waals surface area contributed by atoms with Crippen molar-refractivity contribution in [2.75, 3.05) is 13.2 Å². The van der Waals surface area contributed by atoms with Crippen molar-refractivity contribution in [3.63, 3.8) is 0 Å². The fraction of sp³-hybridized carbons (Fsp3) is 0.800. The highest BCUT2D eigenvalue weighted by molar-refractivity contribution is 8.01. The molecule has 7 nitrogen and oxygen atoms in total. The Hall–Kier alpha value is -1.28. The van der Waals surface area contributed by atoms with Crippen LogP contribution in [0.5, 0.6) is 0 Å². The minimum Gasteiger partial charge on any atom is -0.480 e. The van der Waals surface area contributed by atoms with Gasteiger partial charge in [-0.1, -0.05) is 13.8 Å². The van der Waals surface area contributed by atoms with E-state index in [9.17, 15) is 19.5 Å². The number of β-lactam (4-membered cyclic amide) rings is 1. The highest BCUT2D eigenvalue weighted by atomic mass is 32.2. The van der Waals surface area contributed by atoms with E-state index in [-0.39, 0.29) is 23.8 Å². The van der Waals surface area contributed by atoms with Crippen LogP contribution in [0.25, 0.3) is 0 Å². The molecule has 0 aromatic rings. The third-order valence-electron chi connectivity index (χ3n) is 4.06.